The molecule has 0 aliphatic rings. The Morgan fingerprint density at radius 1 is 1.35 bits per heavy atom. The normalized spacial score (nSPS) is 9.71. The van der Waals surface area contributed by atoms with E-state index in [1.54, 1.807) is 18.2 Å². The Morgan fingerprint density at radius 2 is 2.18 bits per heavy atom. The number of anilines is 2. The smallest absolute Gasteiger partial charge is 0.144 e. The first-order chi connectivity index (χ1) is 8.19. The molecule has 17 heavy (non-hydrogen) atoms. The summed E-state index contributed by atoms with van der Waals surface area (Å²) in [6, 6.07) is 11.1. The first-order valence-electron chi connectivity index (χ1n) is 4.77. The van der Waals surface area contributed by atoms with Gasteiger partial charge in [0.15, 0.2) is 0 Å². The van der Waals surface area contributed by atoms with Crippen LogP contribution >= 0.6 is 27.5 Å². The van der Waals surface area contributed by atoms with Crippen molar-refractivity contribution < 1.29 is 0 Å². The summed E-state index contributed by atoms with van der Waals surface area (Å²) in [5, 5.41) is 12.5. The molecular weight excluding hydrogens is 302 g/mol. The van der Waals surface area contributed by atoms with Crippen LogP contribution in [-0.4, -0.2) is 4.98 Å². The van der Waals surface area contributed by atoms with Gasteiger partial charge in [0.25, 0.3) is 0 Å². The molecule has 3 nitrogen and oxygen atoms in total. The molecule has 84 valence electrons. The van der Waals surface area contributed by atoms with E-state index in [0.717, 1.165) is 10.2 Å². The maximum atomic E-state index is 8.73. The molecule has 0 spiro atoms. The standard InChI is InChI=1S/C12H7BrClN3/c13-11-4-8(6-15)7-16-12(11)17-10-3-1-2-9(14)5-10/h1-5,7H,(H,16,17). The molecule has 0 unspecified atom stereocenters. The highest BCUT2D eigenvalue weighted by Crippen LogP contribution is 2.25. The lowest BCUT2D eigenvalue weighted by atomic mass is 10.3. The van der Waals surface area contributed by atoms with Gasteiger partial charge in [-0.05, 0) is 40.2 Å². The van der Waals surface area contributed by atoms with Crippen molar-refractivity contribution in [3.8, 4) is 6.07 Å². The summed E-state index contributed by atoms with van der Waals surface area (Å²) in [4.78, 5) is 4.15. The molecule has 0 aliphatic carbocycles. The third-order valence-electron chi connectivity index (χ3n) is 2.06. The molecule has 1 aromatic carbocycles. The Kier molecular flexibility index (Phi) is 3.62. The van der Waals surface area contributed by atoms with E-state index in [0.29, 0.717) is 16.4 Å². The maximum absolute atomic E-state index is 8.73. The zero-order valence-corrected chi connectivity index (χ0v) is 11.0. The van der Waals surface area contributed by atoms with Crippen molar-refractivity contribution in [1.82, 2.24) is 4.98 Å². The van der Waals surface area contributed by atoms with Crippen molar-refractivity contribution >= 4 is 39.0 Å². The van der Waals surface area contributed by atoms with Gasteiger partial charge < -0.3 is 5.32 Å². The van der Waals surface area contributed by atoms with Crippen LogP contribution in [0.4, 0.5) is 11.5 Å². The maximum Gasteiger partial charge on any atom is 0.144 e. The summed E-state index contributed by atoms with van der Waals surface area (Å²) in [7, 11) is 0. The second-order valence-corrected chi connectivity index (χ2v) is 4.59. The van der Waals surface area contributed by atoms with Gasteiger partial charge in [-0.2, -0.15) is 5.26 Å². The van der Waals surface area contributed by atoms with Crippen molar-refractivity contribution in [2.75, 3.05) is 5.32 Å². The van der Waals surface area contributed by atoms with Crippen LogP contribution in [0.25, 0.3) is 0 Å². The molecule has 1 N–H and O–H groups in total. The molecular formula is C12H7BrClN3. The monoisotopic (exact) mass is 307 g/mol. The van der Waals surface area contributed by atoms with Crippen molar-refractivity contribution in [2.45, 2.75) is 0 Å². The van der Waals surface area contributed by atoms with Gasteiger partial charge in [0.1, 0.15) is 11.9 Å². The third kappa shape index (κ3) is 2.96. The predicted octanol–water partition coefficient (Wildman–Crippen LogP) is 4.11. The molecule has 0 aliphatic heterocycles. The molecule has 0 fully saturated rings. The van der Waals surface area contributed by atoms with E-state index in [1.165, 1.54) is 6.20 Å². The number of hydrogen-bond acceptors (Lipinski definition) is 3. The second-order valence-electron chi connectivity index (χ2n) is 3.30. The number of halogens is 2. The molecule has 0 bridgehead atoms. The van der Waals surface area contributed by atoms with Gasteiger partial charge in [-0.1, -0.05) is 17.7 Å². The van der Waals surface area contributed by atoms with E-state index in [2.05, 4.69) is 26.2 Å². The average Bonchev–Trinajstić information content (AvgIpc) is 2.32. The summed E-state index contributed by atoms with van der Waals surface area (Å²) < 4.78 is 0.733. The fourth-order valence-electron chi connectivity index (χ4n) is 1.29. The van der Waals surface area contributed by atoms with Crippen LogP contribution in [0.2, 0.25) is 5.02 Å². The fourth-order valence-corrected chi connectivity index (χ4v) is 1.93. The minimum absolute atomic E-state index is 0.508. The first kappa shape index (κ1) is 11.9. The summed E-state index contributed by atoms with van der Waals surface area (Å²) in [6.45, 7) is 0. The lowest BCUT2D eigenvalue weighted by Gasteiger charge is -2.07. The highest BCUT2D eigenvalue weighted by molar-refractivity contribution is 9.10. The van der Waals surface area contributed by atoms with Crippen LogP contribution in [0.1, 0.15) is 5.56 Å². The van der Waals surface area contributed by atoms with Gasteiger partial charge in [0.2, 0.25) is 0 Å². The molecule has 1 heterocycles. The molecule has 5 heteroatoms. The van der Waals surface area contributed by atoms with E-state index in [1.807, 2.05) is 18.2 Å². The van der Waals surface area contributed by atoms with Gasteiger partial charge >= 0.3 is 0 Å². The van der Waals surface area contributed by atoms with Crippen LogP contribution < -0.4 is 5.32 Å². The van der Waals surface area contributed by atoms with Crippen LogP contribution in [-0.2, 0) is 0 Å². The van der Waals surface area contributed by atoms with Crippen molar-refractivity contribution in [3.05, 3.63) is 51.6 Å². The second kappa shape index (κ2) is 5.17. The molecule has 2 aromatic rings. The van der Waals surface area contributed by atoms with E-state index in [-0.39, 0.29) is 0 Å². The summed E-state index contributed by atoms with van der Waals surface area (Å²) in [5.41, 5.74) is 1.35. The zero-order valence-electron chi connectivity index (χ0n) is 8.61. The van der Waals surface area contributed by atoms with Crippen LogP contribution in [0.3, 0.4) is 0 Å². The topological polar surface area (TPSA) is 48.7 Å². The van der Waals surface area contributed by atoms with Crippen LogP contribution in [0.15, 0.2) is 41.0 Å². The summed E-state index contributed by atoms with van der Waals surface area (Å²) in [5.74, 6) is 0.645. The lowest BCUT2D eigenvalue weighted by Crippen LogP contribution is -1.95. The zero-order chi connectivity index (χ0) is 12.3. The number of nitriles is 1. The molecule has 0 amide bonds. The largest absolute Gasteiger partial charge is 0.339 e. The summed E-state index contributed by atoms with van der Waals surface area (Å²) in [6.07, 6.45) is 1.51. The summed E-state index contributed by atoms with van der Waals surface area (Å²) >= 11 is 9.24. The third-order valence-corrected chi connectivity index (χ3v) is 2.90. The number of aromatic nitrogens is 1. The van der Waals surface area contributed by atoms with Gasteiger partial charge in [-0.3, -0.25) is 0 Å². The number of nitrogens with one attached hydrogen (secondary N) is 1. The predicted molar refractivity (Wildman–Crippen MR) is 71.4 cm³/mol. The minimum Gasteiger partial charge on any atom is -0.339 e. The fraction of sp³-hybridized carbons (Fsp3) is 0. The Morgan fingerprint density at radius 3 is 2.82 bits per heavy atom. The quantitative estimate of drug-likeness (QED) is 0.908. The van der Waals surface area contributed by atoms with Crippen LogP contribution in [0, 0.1) is 11.3 Å². The van der Waals surface area contributed by atoms with E-state index < -0.39 is 0 Å². The lowest BCUT2D eigenvalue weighted by molar-refractivity contribution is 1.27. The van der Waals surface area contributed by atoms with Crippen molar-refractivity contribution in [2.24, 2.45) is 0 Å². The molecule has 0 saturated heterocycles. The van der Waals surface area contributed by atoms with Gasteiger partial charge in [-0.25, -0.2) is 4.98 Å². The van der Waals surface area contributed by atoms with E-state index in [9.17, 15) is 0 Å². The number of benzene rings is 1. The minimum atomic E-state index is 0.508. The molecule has 0 atom stereocenters. The molecule has 1 aromatic heterocycles. The highest BCUT2D eigenvalue weighted by Gasteiger charge is 2.03. The molecule has 2 rings (SSSR count). The van der Waals surface area contributed by atoms with E-state index >= 15 is 0 Å². The average molecular weight is 309 g/mol. The number of nitrogens with zero attached hydrogens (tertiary/aromatic N) is 2. The SMILES string of the molecule is N#Cc1cnc(Nc2cccc(Cl)c2)c(Br)c1. The van der Waals surface area contributed by atoms with Gasteiger partial charge in [0, 0.05) is 16.9 Å². The number of pyridine rings is 1. The highest BCUT2D eigenvalue weighted by atomic mass is 79.9. The van der Waals surface area contributed by atoms with Crippen molar-refractivity contribution in [1.29, 1.82) is 5.26 Å². The van der Waals surface area contributed by atoms with Gasteiger partial charge in [-0.15, -0.1) is 0 Å². The molecule has 0 radical (unpaired) electrons. The first-order valence-corrected chi connectivity index (χ1v) is 5.94. The Hall–Kier alpha value is -1.57. The Balaban J connectivity index is 2.28. The van der Waals surface area contributed by atoms with E-state index in [4.69, 9.17) is 16.9 Å². The number of rotatable bonds is 2. The number of hydrogen-bond donors (Lipinski definition) is 1. The van der Waals surface area contributed by atoms with Crippen LogP contribution in [0.5, 0.6) is 0 Å². The Labute approximate surface area is 112 Å². The van der Waals surface area contributed by atoms with Gasteiger partial charge in [0.05, 0.1) is 10.0 Å². The molecule has 0 saturated carbocycles. The van der Waals surface area contributed by atoms with Crippen molar-refractivity contribution in [3.63, 3.8) is 0 Å². The Bertz CT molecular complexity index is 593.